The Kier molecular flexibility index (Phi) is 2.65. The Morgan fingerprint density at radius 1 is 1.47 bits per heavy atom. The Bertz CT molecular complexity index is 359. The van der Waals surface area contributed by atoms with Gasteiger partial charge in [-0.1, -0.05) is 6.07 Å². The van der Waals surface area contributed by atoms with Gasteiger partial charge in [0.05, 0.1) is 5.69 Å². The molecule has 2 rings (SSSR count). The lowest BCUT2D eigenvalue weighted by Gasteiger charge is -2.20. The molecule has 1 aliphatic rings. The van der Waals surface area contributed by atoms with Crippen LogP contribution in [0.5, 0.6) is 0 Å². The summed E-state index contributed by atoms with van der Waals surface area (Å²) in [5, 5.41) is 0. The molecule has 2 nitrogen and oxygen atoms in total. The minimum absolute atomic E-state index is 0.111. The van der Waals surface area contributed by atoms with Crippen LogP contribution in [0.4, 0.5) is 10.1 Å². The lowest BCUT2D eigenvalue weighted by atomic mass is 10.1. The van der Waals surface area contributed by atoms with E-state index in [1.54, 1.807) is 6.07 Å². The Hall–Kier alpha value is -1.09. The molecule has 0 amide bonds. The van der Waals surface area contributed by atoms with Crippen molar-refractivity contribution in [1.29, 1.82) is 0 Å². The van der Waals surface area contributed by atoms with Gasteiger partial charge < -0.3 is 10.6 Å². The third kappa shape index (κ3) is 2.12. The van der Waals surface area contributed by atoms with Crippen LogP contribution in [0.15, 0.2) is 18.2 Å². The Balaban J connectivity index is 2.25. The number of nitrogens with zero attached hydrogens (tertiary/aromatic N) is 1. The van der Waals surface area contributed by atoms with Crippen LogP contribution in [0.2, 0.25) is 0 Å². The predicted molar refractivity (Wildman–Crippen MR) is 60.4 cm³/mol. The highest BCUT2D eigenvalue weighted by Crippen LogP contribution is 2.32. The third-order valence-electron chi connectivity index (χ3n) is 2.97. The van der Waals surface area contributed by atoms with E-state index in [-0.39, 0.29) is 11.9 Å². The molecule has 1 aromatic carbocycles. The van der Waals surface area contributed by atoms with Gasteiger partial charge in [0.15, 0.2) is 0 Å². The normalized spacial score (nSPS) is 17.6. The summed E-state index contributed by atoms with van der Waals surface area (Å²) in [7, 11) is 1.95. The first-order valence-corrected chi connectivity index (χ1v) is 5.37. The van der Waals surface area contributed by atoms with Crippen molar-refractivity contribution < 1.29 is 4.39 Å². The maximum Gasteiger partial charge on any atom is 0.146 e. The molecule has 15 heavy (non-hydrogen) atoms. The number of rotatable bonds is 3. The molecule has 0 radical (unpaired) electrons. The van der Waals surface area contributed by atoms with Gasteiger partial charge in [-0.2, -0.15) is 0 Å². The Labute approximate surface area is 89.9 Å². The first-order chi connectivity index (χ1) is 7.09. The lowest BCUT2D eigenvalue weighted by Crippen LogP contribution is -2.20. The third-order valence-corrected chi connectivity index (χ3v) is 2.97. The summed E-state index contributed by atoms with van der Waals surface area (Å²) in [6.07, 6.45) is 2.34. The van der Waals surface area contributed by atoms with Gasteiger partial charge in [-0.25, -0.2) is 4.39 Å². The molecule has 0 unspecified atom stereocenters. The molecule has 1 fully saturated rings. The first kappa shape index (κ1) is 10.4. The van der Waals surface area contributed by atoms with Gasteiger partial charge in [-0.05, 0) is 37.5 Å². The summed E-state index contributed by atoms with van der Waals surface area (Å²) in [5.74, 6) is -0.167. The molecular weight excluding hydrogens is 191 g/mol. The molecule has 0 spiro atoms. The van der Waals surface area contributed by atoms with E-state index in [1.807, 2.05) is 31.0 Å². The zero-order chi connectivity index (χ0) is 11.0. The van der Waals surface area contributed by atoms with Crippen molar-refractivity contribution in [2.24, 2.45) is 5.73 Å². The van der Waals surface area contributed by atoms with Crippen molar-refractivity contribution in [2.75, 3.05) is 11.9 Å². The molecule has 1 aliphatic carbocycles. The fraction of sp³-hybridized carbons (Fsp3) is 0.500. The van der Waals surface area contributed by atoms with Crippen LogP contribution >= 0.6 is 0 Å². The summed E-state index contributed by atoms with van der Waals surface area (Å²) < 4.78 is 13.8. The molecule has 3 heteroatoms. The number of benzene rings is 1. The van der Waals surface area contributed by atoms with Crippen molar-refractivity contribution >= 4 is 5.69 Å². The fourth-order valence-electron chi connectivity index (χ4n) is 1.75. The van der Waals surface area contributed by atoms with Crippen molar-refractivity contribution in [3.8, 4) is 0 Å². The topological polar surface area (TPSA) is 29.3 Å². The van der Waals surface area contributed by atoms with Crippen LogP contribution in [0.3, 0.4) is 0 Å². The van der Waals surface area contributed by atoms with Gasteiger partial charge in [-0.15, -0.1) is 0 Å². The van der Waals surface area contributed by atoms with E-state index in [0.29, 0.717) is 11.7 Å². The monoisotopic (exact) mass is 208 g/mol. The van der Waals surface area contributed by atoms with E-state index < -0.39 is 0 Å². The fourth-order valence-corrected chi connectivity index (χ4v) is 1.75. The molecule has 0 heterocycles. The predicted octanol–water partition coefficient (Wildman–Crippen LogP) is 2.44. The number of anilines is 1. The second-order valence-corrected chi connectivity index (χ2v) is 4.34. The van der Waals surface area contributed by atoms with Gasteiger partial charge in [0.1, 0.15) is 5.82 Å². The SMILES string of the molecule is C[C@@H](N)c1ccc(N(C)C2CC2)c(F)c1. The second-order valence-electron chi connectivity index (χ2n) is 4.34. The average molecular weight is 208 g/mol. The van der Waals surface area contributed by atoms with E-state index in [4.69, 9.17) is 5.73 Å². The van der Waals surface area contributed by atoms with Crippen molar-refractivity contribution in [2.45, 2.75) is 31.8 Å². The minimum atomic E-state index is -0.167. The molecule has 0 bridgehead atoms. The molecule has 1 atom stereocenters. The van der Waals surface area contributed by atoms with E-state index in [2.05, 4.69) is 0 Å². The van der Waals surface area contributed by atoms with Gasteiger partial charge in [0.25, 0.3) is 0 Å². The minimum Gasteiger partial charge on any atom is -0.369 e. The number of halogens is 1. The zero-order valence-corrected chi connectivity index (χ0v) is 9.20. The molecule has 0 saturated heterocycles. The molecule has 0 aliphatic heterocycles. The van der Waals surface area contributed by atoms with Crippen LogP contribution in [0, 0.1) is 5.82 Å². The van der Waals surface area contributed by atoms with E-state index >= 15 is 0 Å². The number of hydrogen-bond donors (Lipinski definition) is 1. The lowest BCUT2D eigenvalue weighted by molar-refractivity contribution is 0.616. The standard InChI is InChI=1S/C12H17FN2/c1-8(14)9-3-6-12(11(13)7-9)15(2)10-4-5-10/h3,6-8,10H,4-5,14H2,1-2H3/t8-/m1/s1. The molecule has 0 aromatic heterocycles. The van der Waals surface area contributed by atoms with Crippen LogP contribution in [-0.2, 0) is 0 Å². The molecule has 82 valence electrons. The average Bonchev–Trinajstić information content (AvgIpc) is 2.99. The largest absolute Gasteiger partial charge is 0.369 e. The van der Waals surface area contributed by atoms with Crippen LogP contribution in [0.25, 0.3) is 0 Å². The number of nitrogens with two attached hydrogens (primary N) is 1. The van der Waals surface area contributed by atoms with E-state index in [1.165, 1.54) is 12.8 Å². The second kappa shape index (κ2) is 3.81. The Morgan fingerprint density at radius 3 is 2.60 bits per heavy atom. The van der Waals surface area contributed by atoms with Crippen molar-refractivity contribution in [1.82, 2.24) is 0 Å². The van der Waals surface area contributed by atoms with Crippen LogP contribution < -0.4 is 10.6 Å². The van der Waals surface area contributed by atoms with E-state index in [9.17, 15) is 4.39 Å². The molecule has 2 N–H and O–H groups in total. The van der Waals surface area contributed by atoms with Gasteiger partial charge in [0, 0.05) is 19.1 Å². The maximum atomic E-state index is 13.8. The van der Waals surface area contributed by atoms with Gasteiger partial charge in [-0.3, -0.25) is 0 Å². The van der Waals surface area contributed by atoms with E-state index in [0.717, 1.165) is 5.56 Å². The summed E-state index contributed by atoms with van der Waals surface area (Å²) in [6.45, 7) is 1.86. The molecule has 1 aromatic rings. The summed E-state index contributed by atoms with van der Waals surface area (Å²) >= 11 is 0. The highest BCUT2D eigenvalue weighted by Gasteiger charge is 2.27. The summed E-state index contributed by atoms with van der Waals surface area (Å²) in [6, 6.07) is 5.69. The Morgan fingerprint density at radius 2 is 2.13 bits per heavy atom. The van der Waals surface area contributed by atoms with Crippen molar-refractivity contribution in [3.05, 3.63) is 29.6 Å². The maximum absolute atomic E-state index is 13.8. The highest BCUT2D eigenvalue weighted by molar-refractivity contribution is 5.50. The quantitative estimate of drug-likeness (QED) is 0.826. The molecule has 1 saturated carbocycles. The zero-order valence-electron chi connectivity index (χ0n) is 9.20. The van der Waals surface area contributed by atoms with Crippen LogP contribution in [0.1, 0.15) is 31.4 Å². The first-order valence-electron chi connectivity index (χ1n) is 5.37. The number of hydrogen-bond acceptors (Lipinski definition) is 2. The summed E-state index contributed by atoms with van der Waals surface area (Å²) in [4.78, 5) is 2.01. The molecular formula is C12H17FN2. The summed E-state index contributed by atoms with van der Waals surface area (Å²) in [5.41, 5.74) is 7.23. The van der Waals surface area contributed by atoms with Crippen molar-refractivity contribution in [3.63, 3.8) is 0 Å². The smallest absolute Gasteiger partial charge is 0.146 e. The van der Waals surface area contributed by atoms with Gasteiger partial charge >= 0.3 is 0 Å². The highest BCUT2D eigenvalue weighted by atomic mass is 19.1. The van der Waals surface area contributed by atoms with Crippen LogP contribution in [-0.4, -0.2) is 13.1 Å². The van der Waals surface area contributed by atoms with Gasteiger partial charge in [0.2, 0.25) is 0 Å².